The Balaban J connectivity index is 2.24. The van der Waals surface area contributed by atoms with Crippen molar-refractivity contribution in [2.24, 2.45) is 11.8 Å². The smallest absolute Gasteiger partial charge is 0.410 e. The number of carbonyl (C=O) groups excluding carboxylic acids is 2. The van der Waals surface area contributed by atoms with Crippen molar-refractivity contribution in [1.29, 1.82) is 0 Å². The number of alkyl carbamates (subject to hydrolysis) is 1. The molecule has 0 saturated heterocycles. The zero-order valence-electron chi connectivity index (χ0n) is 15.3. The molecule has 0 bridgehead atoms. The van der Waals surface area contributed by atoms with Crippen LogP contribution in [0.2, 0.25) is 0 Å². The number of hydrogen-bond donors (Lipinski definition) is 2. The number of carbonyl (C=O) groups is 3. The van der Waals surface area contributed by atoms with Gasteiger partial charge in [-0.2, -0.15) is 0 Å². The number of aliphatic carboxylic acids is 1. The molecule has 0 heterocycles. The maximum absolute atomic E-state index is 11.8. The van der Waals surface area contributed by atoms with E-state index in [1.54, 1.807) is 0 Å². The Morgan fingerprint density at radius 1 is 1.08 bits per heavy atom. The summed E-state index contributed by atoms with van der Waals surface area (Å²) >= 11 is 0. The highest BCUT2D eigenvalue weighted by atomic mass is 16.7. The average Bonchev–Trinajstić information content (AvgIpc) is 2.55. The standard InChI is InChI=1S/C18H31NO6/c1-3-5-15(20)24-16(6-4-2)25-18(23)19-12-11-13-7-9-14(10-8-13)17(21)22/h13-14,16H,3-12H2,1-2H3,(H,19,23)(H,21,22). The van der Waals surface area contributed by atoms with Gasteiger partial charge in [-0.15, -0.1) is 0 Å². The minimum Gasteiger partial charge on any atom is -0.481 e. The van der Waals surface area contributed by atoms with E-state index in [-0.39, 0.29) is 11.9 Å². The third-order valence-corrected chi connectivity index (χ3v) is 4.50. The molecule has 1 aliphatic rings. The van der Waals surface area contributed by atoms with E-state index in [4.69, 9.17) is 14.6 Å². The summed E-state index contributed by atoms with van der Waals surface area (Å²) in [6.45, 7) is 4.28. The highest BCUT2D eigenvalue weighted by molar-refractivity contribution is 5.70. The lowest BCUT2D eigenvalue weighted by Gasteiger charge is -2.26. The molecule has 1 atom stereocenters. The Bertz CT molecular complexity index is 431. The van der Waals surface area contributed by atoms with Gasteiger partial charge in [0.25, 0.3) is 0 Å². The summed E-state index contributed by atoms with van der Waals surface area (Å²) in [6, 6.07) is 0. The van der Waals surface area contributed by atoms with Gasteiger partial charge in [-0.25, -0.2) is 4.79 Å². The lowest BCUT2D eigenvalue weighted by Crippen LogP contribution is -2.33. The lowest BCUT2D eigenvalue weighted by molar-refractivity contribution is -0.168. The monoisotopic (exact) mass is 357 g/mol. The first-order valence-corrected chi connectivity index (χ1v) is 9.33. The van der Waals surface area contributed by atoms with Gasteiger partial charge in [-0.3, -0.25) is 9.59 Å². The van der Waals surface area contributed by atoms with Crippen LogP contribution in [0.5, 0.6) is 0 Å². The number of amides is 1. The number of hydrogen-bond acceptors (Lipinski definition) is 5. The molecule has 1 amide bonds. The molecule has 0 aliphatic heterocycles. The molecule has 144 valence electrons. The average molecular weight is 357 g/mol. The third kappa shape index (κ3) is 8.74. The van der Waals surface area contributed by atoms with Gasteiger partial charge in [0.1, 0.15) is 0 Å². The second-order valence-corrected chi connectivity index (χ2v) is 6.63. The summed E-state index contributed by atoms with van der Waals surface area (Å²) < 4.78 is 10.3. The summed E-state index contributed by atoms with van der Waals surface area (Å²) in [7, 11) is 0. The van der Waals surface area contributed by atoms with E-state index < -0.39 is 18.4 Å². The number of esters is 1. The molecule has 1 aliphatic carbocycles. The maximum atomic E-state index is 11.8. The van der Waals surface area contributed by atoms with Crippen molar-refractivity contribution in [2.75, 3.05) is 6.54 Å². The fourth-order valence-corrected chi connectivity index (χ4v) is 3.02. The van der Waals surface area contributed by atoms with Gasteiger partial charge in [0, 0.05) is 19.4 Å². The van der Waals surface area contributed by atoms with E-state index >= 15 is 0 Å². The Labute approximate surface area is 149 Å². The Kier molecular flexibility index (Phi) is 9.96. The number of nitrogens with one attached hydrogen (secondary N) is 1. The molecular formula is C18H31NO6. The van der Waals surface area contributed by atoms with Crippen molar-refractivity contribution in [3.63, 3.8) is 0 Å². The predicted octanol–water partition coefficient (Wildman–Crippen LogP) is 3.46. The molecule has 25 heavy (non-hydrogen) atoms. The minimum absolute atomic E-state index is 0.221. The van der Waals surface area contributed by atoms with Gasteiger partial charge in [-0.1, -0.05) is 13.8 Å². The van der Waals surface area contributed by atoms with Gasteiger partial charge in [0.15, 0.2) is 0 Å². The first-order valence-electron chi connectivity index (χ1n) is 9.33. The quantitative estimate of drug-likeness (QED) is 0.458. The van der Waals surface area contributed by atoms with E-state index in [1.807, 2.05) is 13.8 Å². The highest BCUT2D eigenvalue weighted by Gasteiger charge is 2.25. The van der Waals surface area contributed by atoms with E-state index in [0.29, 0.717) is 44.6 Å². The number of ether oxygens (including phenoxy) is 2. The second kappa shape index (κ2) is 11.7. The van der Waals surface area contributed by atoms with Crippen LogP contribution in [0.15, 0.2) is 0 Å². The van der Waals surface area contributed by atoms with Crippen LogP contribution in [0.1, 0.15) is 71.6 Å². The molecule has 0 spiro atoms. The molecule has 1 rings (SSSR count). The number of carboxylic acids is 1. The second-order valence-electron chi connectivity index (χ2n) is 6.63. The van der Waals surface area contributed by atoms with Crippen molar-refractivity contribution >= 4 is 18.0 Å². The van der Waals surface area contributed by atoms with Crippen LogP contribution in [0.25, 0.3) is 0 Å². The molecule has 2 N–H and O–H groups in total. The predicted molar refractivity (Wildman–Crippen MR) is 91.9 cm³/mol. The third-order valence-electron chi connectivity index (χ3n) is 4.50. The molecule has 1 unspecified atom stereocenters. The van der Waals surface area contributed by atoms with Gasteiger partial charge >= 0.3 is 18.0 Å². The van der Waals surface area contributed by atoms with Crippen LogP contribution in [-0.4, -0.2) is 36.0 Å². The zero-order chi connectivity index (χ0) is 18.7. The summed E-state index contributed by atoms with van der Waals surface area (Å²) in [6.07, 6.45) is 4.76. The Morgan fingerprint density at radius 2 is 1.76 bits per heavy atom. The fraction of sp³-hybridized carbons (Fsp3) is 0.833. The molecule has 7 heteroatoms. The summed E-state index contributed by atoms with van der Waals surface area (Å²) in [4.78, 5) is 34.3. The van der Waals surface area contributed by atoms with Crippen LogP contribution >= 0.6 is 0 Å². The van der Waals surface area contributed by atoms with E-state index in [9.17, 15) is 14.4 Å². The SMILES string of the molecule is CCCC(=O)OC(CCC)OC(=O)NCCC1CCC(C(=O)O)CC1. The Hall–Kier alpha value is -1.79. The number of rotatable bonds is 10. The summed E-state index contributed by atoms with van der Waals surface area (Å²) in [5, 5.41) is 11.7. The molecule has 0 radical (unpaired) electrons. The largest absolute Gasteiger partial charge is 0.481 e. The van der Waals surface area contributed by atoms with Crippen molar-refractivity contribution < 1.29 is 29.0 Å². The van der Waals surface area contributed by atoms with Crippen LogP contribution in [0.4, 0.5) is 4.79 Å². The fourth-order valence-electron chi connectivity index (χ4n) is 3.02. The van der Waals surface area contributed by atoms with Crippen LogP contribution in [0, 0.1) is 11.8 Å². The van der Waals surface area contributed by atoms with Gasteiger partial charge in [0.05, 0.1) is 5.92 Å². The molecular weight excluding hydrogens is 326 g/mol. The van der Waals surface area contributed by atoms with Crippen LogP contribution in [-0.2, 0) is 19.1 Å². The summed E-state index contributed by atoms with van der Waals surface area (Å²) in [5.74, 6) is -0.852. The van der Waals surface area contributed by atoms with Crippen molar-refractivity contribution in [2.45, 2.75) is 77.9 Å². The highest BCUT2D eigenvalue weighted by Crippen LogP contribution is 2.30. The summed E-state index contributed by atoms with van der Waals surface area (Å²) in [5.41, 5.74) is 0. The normalized spacial score (nSPS) is 21.2. The lowest BCUT2D eigenvalue weighted by atomic mass is 9.80. The van der Waals surface area contributed by atoms with E-state index in [0.717, 1.165) is 25.7 Å². The van der Waals surface area contributed by atoms with Crippen LogP contribution < -0.4 is 5.32 Å². The maximum Gasteiger partial charge on any atom is 0.410 e. The van der Waals surface area contributed by atoms with Crippen LogP contribution in [0.3, 0.4) is 0 Å². The Morgan fingerprint density at radius 3 is 2.32 bits per heavy atom. The van der Waals surface area contributed by atoms with E-state index in [2.05, 4.69) is 5.32 Å². The zero-order valence-corrected chi connectivity index (χ0v) is 15.3. The topological polar surface area (TPSA) is 102 Å². The molecule has 1 fully saturated rings. The first-order chi connectivity index (χ1) is 12.0. The first kappa shape index (κ1) is 21.3. The molecule has 0 aromatic heterocycles. The van der Waals surface area contributed by atoms with Gasteiger partial charge in [-0.05, 0) is 50.9 Å². The van der Waals surface area contributed by atoms with Gasteiger partial charge < -0.3 is 19.9 Å². The molecule has 7 nitrogen and oxygen atoms in total. The van der Waals surface area contributed by atoms with Crippen molar-refractivity contribution in [1.82, 2.24) is 5.32 Å². The van der Waals surface area contributed by atoms with Crippen molar-refractivity contribution in [3.8, 4) is 0 Å². The molecule has 0 aromatic rings. The van der Waals surface area contributed by atoms with E-state index in [1.165, 1.54) is 0 Å². The molecule has 0 aromatic carbocycles. The van der Waals surface area contributed by atoms with Crippen molar-refractivity contribution in [3.05, 3.63) is 0 Å². The minimum atomic E-state index is -0.838. The number of carboxylic acid groups (broad SMARTS) is 1. The molecule has 1 saturated carbocycles. The van der Waals surface area contributed by atoms with Gasteiger partial charge in [0.2, 0.25) is 6.29 Å².